The number of rotatable bonds is 5. The number of aromatic nitrogens is 2. The summed E-state index contributed by atoms with van der Waals surface area (Å²) in [6, 6.07) is 9.39. The first-order valence-electron chi connectivity index (χ1n) is 6.55. The molecule has 1 heterocycles. The topological polar surface area (TPSA) is 44.2 Å². The van der Waals surface area contributed by atoms with E-state index in [1.54, 1.807) is 13.2 Å². The molecule has 0 spiro atoms. The van der Waals surface area contributed by atoms with Gasteiger partial charge in [-0.05, 0) is 30.5 Å². The van der Waals surface area contributed by atoms with Crippen molar-refractivity contribution >= 4 is 11.6 Å². The maximum absolute atomic E-state index is 6.00. The molecular weight excluding hydrogens is 276 g/mol. The molecule has 3 rings (SSSR count). The van der Waals surface area contributed by atoms with E-state index in [2.05, 4.69) is 9.97 Å². The first-order valence-corrected chi connectivity index (χ1v) is 6.92. The van der Waals surface area contributed by atoms with Gasteiger partial charge in [-0.3, -0.25) is 0 Å². The average molecular weight is 291 g/mol. The molecule has 0 N–H and O–H groups in total. The minimum atomic E-state index is 0.425. The van der Waals surface area contributed by atoms with Crippen LogP contribution in [0.15, 0.2) is 30.3 Å². The van der Waals surface area contributed by atoms with E-state index in [9.17, 15) is 0 Å². The van der Waals surface area contributed by atoms with Crippen molar-refractivity contribution in [1.29, 1.82) is 0 Å². The molecule has 1 aliphatic carbocycles. The Labute approximate surface area is 122 Å². The lowest BCUT2D eigenvalue weighted by Crippen LogP contribution is -2.01. The molecule has 1 fully saturated rings. The Morgan fingerprint density at radius 1 is 1.25 bits per heavy atom. The number of benzene rings is 1. The maximum Gasteiger partial charge on any atom is 0.218 e. The van der Waals surface area contributed by atoms with E-state index in [1.165, 1.54) is 0 Å². The predicted octanol–water partition coefficient (Wildman–Crippen LogP) is 3.60. The Bertz CT molecular complexity index is 615. The Hall–Kier alpha value is -1.81. The lowest BCUT2D eigenvalue weighted by molar-refractivity contribution is 0.291. The van der Waals surface area contributed by atoms with Gasteiger partial charge in [0, 0.05) is 12.0 Å². The van der Waals surface area contributed by atoms with Crippen molar-refractivity contribution in [3.63, 3.8) is 0 Å². The molecule has 0 saturated heterocycles. The molecule has 0 aliphatic heterocycles. The van der Waals surface area contributed by atoms with Crippen LogP contribution in [-0.2, 0) is 6.61 Å². The molecule has 4 nitrogen and oxygen atoms in total. The summed E-state index contributed by atoms with van der Waals surface area (Å²) in [5.74, 6) is 2.58. The van der Waals surface area contributed by atoms with E-state index in [4.69, 9.17) is 21.1 Å². The highest BCUT2D eigenvalue weighted by molar-refractivity contribution is 6.29. The monoisotopic (exact) mass is 290 g/mol. The highest BCUT2D eigenvalue weighted by atomic mass is 35.5. The van der Waals surface area contributed by atoms with Crippen LogP contribution in [0.4, 0.5) is 0 Å². The van der Waals surface area contributed by atoms with Crippen molar-refractivity contribution in [1.82, 2.24) is 9.97 Å². The van der Waals surface area contributed by atoms with Gasteiger partial charge in [0.25, 0.3) is 0 Å². The van der Waals surface area contributed by atoms with E-state index in [1.807, 2.05) is 24.3 Å². The summed E-state index contributed by atoms with van der Waals surface area (Å²) in [4.78, 5) is 8.64. The number of hydrogen-bond donors (Lipinski definition) is 0. The molecule has 0 unspecified atom stereocenters. The average Bonchev–Trinajstić information content (AvgIpc) is 3.29. The van der Waals surface area contributed by atoms with Gasteiger partial charge in [-0.25, -0.2) is 4.98 Å². The fourth-order valence-electron chi connectivity index (χ4n) is 1.93. The van der Waals surface area contributed by atoms with Crippen LogP contribution in [-0.4, -0.2) is 17.1 Å². The highest BCUT2D eigenvalue weighted by Crippen LogP contribution is 2.39. The molecule has 0 radical (unpaired) electrons. The molecule has 1 aromatic heterocycles. The molecule has 20 heavy (non-hydrogen) atoms. The Kier molecular flexibility index (Phi) is 3.74. The first kappa shape index (κ1) is 13.2. The minimum Gasteiger partial charge on any atom is -0.497 e. The zero-order valence-electron chi connectivity index (χ0n) is 11.2. The number of hydrogen-bond acceptors (Lipinski definition) is 4. The molecule has 1 aliphatic rings. The Balaban J connectivity index is 1.71. The van der Waals surface area contributed by atoms with Crippen LogP contribution in [0, 0.1) is 0 Å². The molecule has 104 valence electrons. The third-order valence-corrected chi connectivity index (χ3v) is 3.35. The van der Waals surface area contributed by atoms with E-state index in [0.29, 0.717) is 23.6 Å². The summed E-state index contributed by atoms with van der Waals surface area (Å²) in [5.41, 5.74) is 1.02. The van der Waals surface area contributed by atoms with Crippen molar-refractivity contribution in [2.24, 2.45) is 0 Å². The number of nitrogens with zero attached hydrogens (tertiary/aromatic N) is 2. The summed E-state index contributed by atoms with van der Waals surface area (Å²) < 4.78 is 10.9. The summed E-state index contributed by atoms with van der Waals surface area (Å²) in [7, 11) is 1.64. The standard InChI is InChI=1S/C15H15ClN2O2/c1-19-12-4-2-3-10(7-12)9-20-14-8-13(16)17-15(18-14)11-5-6-11/h2-4,7-8,11H,5-6,9H2,1H3. The van der Waals surface area contributed by atoms with Crippen molar-refractivity contribution in [3.05, 3.63) is 46.9 Å². The molecule has 0 bridgehead atoms. The predicted molar refractivity (Wildman–Crippen MR) is 76.3 cm³/mol. The second kappa shape index (κ2) is 5.67. The molecule has 0 amide bonds. The minimum absolute atomic E-state index is 0.425. The van der Waals surface area contributed by atoms with Crippen LogP contribution < -0.4 is 9.47 Å². The molecule has 0 atom stereocenters. The largest absolute Gasteiger partial charge is 0.497 e. The van der Waals surface area contributed by atoms with E-state index in [0.717, 1.165) is 30.0 Å². The smallest absolute Gasteiger partial charge is 0.218 e. The van der Waals surface area contributed by atoms with Gasteiger partial charge in [-0.1, -0.05) is 23.7 Å². The summed E-state index contributed by atoms with van der Waals surface area (Å²) in [6.45, 7) is 0.425. The van der Waals surface area contributed by atoms with Crippen molar-refractivity contribution < 1.29 is 9.47 Å². The lowest BCUT2D eigenvalue weighted by Gasteiger charge is -2.08. The lowest BCUT2D eigenvalue weighted by atomic mass is 10.2. The van der Waals surface area contributed by atoms with Crippen LogP contribution in [0.2, 0.25) is 5.15 Å². The van der Waals surface area contributed by atoms with Crippen LogP contribution >= 0.6 is 11.6 Å². The van der Waals surface area contributed by atoms with Gasteiger partial charge in [-0.15, -0.1) is 0 Å². The van der Waals surface area contributed by atoms with E-state index in [-0.39, 0.29) is 0 Å². The van der Waals surface area contributed by atoms with Gasteiger partial charge >= 0.3 is 0 Å². The Morgan fingerprint density at radius 3 is 2.85 bits per heavy atom. The van der Waals surface area contributed by atoms with E-state index < -0.39 is 0 Å². The third-order valence-electron chi connectivity index (χ3n) is 3.15. The quantitative estimate of drug-likeness (QED) is 0.789. The number of ether oxygens (including phenoxy) is 2. The molecule has 1 aromatic carbocycles. The van der Waals surface area contributed by atoms with Crippen LogP contribution in [0.1, 0.15) is 30.1 Å². The van der Waals surface area contributed by atoms with Gasteiger partial charge in [0.1, 0.15) is 23.3 Å². The van der Waals surface area contributed by atoms with Gasteiger partial charge in [0.15, 0.2) is 0 Å². The fourth-order valence-corrected chi connectivity index (χ4v) is 2.11. The molecule has 1 saturated carbocycles. The zero-order chi connectivity index (χ0) is 13.9. The highest BCUT2D eigenvalue weighted by Gasteiger charge is 2.27. The number of methoxy groups -OCH3 is 1. The van der Waals surface area contributed by atoms with Gasteiger partial charge in [0.05, 0.1) is 7.11 Å². The van der Waals surface area contributed by atoms with Crippen molar-refractivity contribution in [2.45, 2.75) is 25.4 Å². The van der Waals surface area contributed by atoms with Gasteiger partial charge < -0.3 is 9.47 Å². The third kappa shape index (κ3) is 3.20. The molecule has 2 aromatic rings. The summed E-state index contributed by atoms with van der Waals surface area (Å²) >= 11 is 6.00. The van der Waals surface area contributed by atoms with Crippen LogP contribution in [0.25, 0.3) is 0 Å². The summed E-state index contributed by atoms with van der Waals surface area (Å²) in [5, 5.41) is 0.433. The number of halogens is 1. The first-order chi connectivity index (χ1) is 9.74. The normalized spacial score (nSPS) is 14.1. The zero-order valence-corrected chi connectivity index (χ0v) is 11.9. The fraction of sp³-hybridized carbons (Fsp3) is 0.333. The summed E-state index contributed by atoms with van der Waals surface area (Å²) in [6.07, 6.45) is 2.27. The SMILES string of the molecule is COc1cccc(COc2cc(Cl)nc(C3CC3)n2)c1. The maximum atomic E-state index is 6.00. The van der Waals surface area contributed by atoms with Crippen LogP contribution in [0.3, 0.4) is 0 Å². The Morgan fingerprint density at radius 2 is 2.10 bits per heavy atom. The van der Waals surface area contributed by atoms with Crippen LogP contribution in [0.5, 0.6) is 11.6 Å². The second-order valence-electron chi connectivity index (χ2n) is 4.80. The second-order valence-corrected chi connectivity index (χ2v) is 5.19. The molecule has 5 heteroatoms. The van der Waals surface area contributed by atoms with Crippen molar-refractivity contribution in [3.8, 4) is 11.6 Å². The van der Waals surface area contributed by atoms with Crippen molar-refractivity contribution in [2.75, 3.05) is 7.11 Å². The van der Waals surface area contributed by atoms with Gasteiger partial charge in [0.2, 0.25) is 5.88 Å². The molecular formula is C15H15ClN2O2. The van der Waals surface area contributed by atoms with Gasteiger partial charge in [-0.2, -0.15) is 4.98 Å². The van der Waals surface area contributed by atoms with E-state index >= 15 is 0 Å².